The molecule has 0 bridgehead atoms. The van der Waals surface area contributed by atoms with Crippen molar-refractivity contribution in [3.05, 3.63) is 58.7 Å². The highest BCUT2D eigenvalue weighted by atomic mass is 35.5. The molecule has 6 heteroatoms. The Morgan fingerprint density at radius 3 is 3.04 bits per heavy atom. The molecule has 0 saturated heterocycles. The van der Waals surface area contributed by atoms with Gasteiger partial charge in [-0.25, -0.2) is 4.79 Å². The summed E-state index contributed by atoms with van der Waals surface area (Å²) in [6.07, 6.45) is 3.45. The zero-order valence-corrected chi connectivity index (χ0v) is 13.0. The Balaban J connectivity index is 1.52. The second-order valence-electron chi connectivity index (χ2n) is 5.63. The van der Waals surface area contributed by atoms with Crippen LogP contribution in [-0.2, 0) is 6.42 Å². The van der Waals surface area contributed by atoms with Gasteiger partial charge in [0, 0.05) is 10.4 Å². The SMILES string of the molecule is O=C(Nc1cccc2[nH]ncc12)NC1CCc2c(Cl)cccc21. The minimum atomic E-state index is -0.225. The van der Waals surface area contributed by atoms with Crippen molar-refractivity contribution in [1.82, 2.24) is 15.5 Å². The molecule has 4 rings (SSSR count). The highest BCUT2D eigenvalue weighted by molar-refractivity contribution is 6.31. The molecule has 1 unspecified atom stereocenters. The van der Waals surface area contributed by atoms with Gasteiger partial charge in [-0.2, -0.15) is 5.10 Å². The highest BCUT2D eigenvalue weighted by Gasteiger charge is 2.25. The number of hydrogen-bond acceptors (Lipinski definition) is 2. The van der Waals surface area contributed by atoms with E-state index in [-0.39, 0.29) is 12.1 Å². The van der Waals surface area contributed by atoms with E-state index in [1.54, 1.807) is 6.20 Å². The number of rotatable bonds is 2. The minimum absolute atomic E-state index is 0.00717. The third-order valence-electron chi connectivity index (χ3n) is 4.25. The number of aromatic nitrogens is 2. The molecular weight excluding hydrogens is 312 g/mol. The van der Waals surface area contributed by atoms with Crippen LogP contribution in [0.1, 0.15) is 23.6 Å². The topological polar surface area (TPSA) is 69.8 Å². The molecule has 1 aliphatic rings. The van der Waals surface area contributed by atoms with Crippen molar-refractivity contribution < 1.29 is 4.79 Å². The van der Waals surface area contributed by atoms with Crippen LogP contribution in [0.4, 0.5) is 10.5 Å². The van der Waals surface area contributed by atoms with Crippen LogP contribution in [0.5, 0.6) is 0 Å². The molecule has 1 heterocycles. The summed E-state index contributed by atoms with van der Waals surface area (Å²) in [5.74, 6) is 0. The van der Waals surface area contributed by atoms with Crippen molar-refractivity contribution in [1.29, 1.82) is 0 Å². The summed E-state index contributed by atoms with van der Waals surface area (Å²) in [7, 11) is 0. The van der Waals surface area contributed by atoms with Crippen LogP contribution in [0.25, 0.3) is 10.9 Å². The Bertz CT molecular complexity index is 889. The summed E-state index contributed by atoms with van der Waals surface area (Å²) < 4.78 is 0. The lowest BCUT2D eigenvalue weighted by molar-refractivity contribution is 0.248. The number of nitrogens with zero attached hydrogens (tertiary/aromatic N) is 1. The summed E-state index contributed by atoms with van der Waals surface area (Å²) in [4.78, 5) is 12.3. The molecule has 1 aromatic heterocycles. The van der Waals surface area contributed by atoms with Gasteiger partial charge in [-0.1, -0.05) is 29.8 Å². The van der Waals surface area contributed by atoms with E-state index in [4.69, 9.17) is 11.6 Å². The number of carbonyl (C=O) groups is 1. The van der Waals surface area contributed by atoms with Gasteiger partial charge in [-0.3, -0.25) is 5.10 Å². The molecule has 0 fully saturated rings. The standard InChI is InChI=1S/C17H15ClN4O/c18-13-4-1-3-11-10(13)7-8-15(11)21-17(23)20-14-5-2-6-16-12(14)9-19-22-16/h1-6,9,15H,7-8H2,(H,19,22)(H2,20,21,23). The van der Waals surface area contributed by atoms with Crippen LogP contribution < -0.4 is 10.6 Å². The van der Waals surface area contributed by atoms with Crippen LogP contribution in [0.15, 0.2) is 42.6 Å². The first-order valence-electron chi connectivity index (χ1n) is 7.49. The summed E-state index contributed by atoms with van der Waals surface area (Å²) >= 11 is 6.22. The predicted octanol–water partition coefficient (Wildman–Crippen LogP) is 4.03. The van der Waals surface area contributed by atoms with Crippen molar-refractivity contribution in [2.45, 2.75) is 18.9 Å². The van der Waals surface area contributed by atoms with E-state index in [9.17, 15) is 4.79 Å². The number of H-pyrrole nitrogens is 1. The highest BCUT2D eigenvalue weighted by Crippen LogP contribution is 2.35. The lowest BCUT2D eigenvalue weighted by Crippen LogP contribution is -2.31. The Kier molecular flexibility index (Phi) is 3.42. The molecule has 0 aliphatic heterocycles. The van der Waals surface area contributed by atoms with E-state index in [0.29, 0.717) is 0 Å². The zero-order chi connectivity index (χ0) is 15.8. The third kappa shape index (κ3) is 2.53. The number of aromatic amines is 1. The van der Waals surface area contributed by atoms with Gasteiger partial charge in [-0.05, 0) is 42.2 Å². The Morgan fingerprint density at radius 2 is 2.13 bits per heavy atom. The van der Waals surface area contributed by atoms with E-state index >= 15 is 0 Å². The maximum atomic E-state index is 12.3. The van der Waals surface area contributed by atoms with Crippen LogP contribution in [0.3, 0.4) is 0 Å². The van der Waals surface area contributed by atoms with Gasteiger partial charge >= 0.3 is 6.03 Å². The number of hydrogen-bond donors (Lipinski definition) is 3. The normalized spacial score (nSPS) is 16.3. The van der Waals surface area contributed by atoms with E-state index in [1.807, 2.05) is 36.4 Å². The minimum Gasteiger partial charge on any atom is -0.331 e. The second-order valence-corrected chi connectivity index (χ2v) is 6.04. The summed E-state index contributed by atoms with van der Waals surface area (Å²) in [6, 6.07) is 11.3. The average molecular weight is 327 g/mol. The van der Waals surface area contributed by atoms with Gasteiger partial charge in [0.05, 0.1) is 23.4 Å². The van der Waals surface area contributed by atoms with Gasteiger partial charge in [0.2, 0.25) is 0 Å². The zero-order valence-electron chi connectivity index (χ0n) is 12.3. The average Bonchev–Trinajstić information content (AvgIpc) is 3.16. The van der Waals surface area contributed by atoms with Crippen LogP contribution in [-0.4, -0.2) is 16.2 Å². The Morgan fingerprint density at radius 1 is 1.26 bits per heavy atom. The first-order chi connectivity index (χ1) is 11.2. The molecule has 0 saturated carbocycles. The first-order valence-corrected chi connectivity index (χ1v) is 7.87. The van der Waals surface area contributed by atoms with Crippen LogP contribution in [0, 0.1) is 0 Å². The summed E-state index contributed by atoms with van der Waals surface area (Å²) in [5.41, 5.74) is 3.87. The molecule has 0 spiro atoms. The molecule has 2 aromatic carbocycles. The molecule has 1 aliphatic carbocycles. The largest absolute Gasteiger partial charge is 0.331 e. The smallest absolute Gasteiger partial charge is 0.319 e. The summed E-state index contributed by atoms with van der Waals surface area (Å²) in [6.45, 7) is 0. The van der Waals surface area contributed by atoms with Gasteiger partial charge in [0.15, 0.2) is 0 Å². The molecule has 3 N–H and O–H groups in total. The van der Waals surface area contributed by atoms with Gasteiger partial charge in [0.1, 0.15) is 0 Å². The number of fused-ring (bicyclic) bond motifs is 2. The fourth-order valence-electron chi connectivity index (χ4n) is 3.15. The van der Waals surface area contributed by atoms with Gasteiger partial charge in [0.25, 0.3) is 0 Å². The number of anilines is 1. The van der Waals surface area contributed by atoms with Crippen molar-refractivity contribution >= 4 is 34.2 Å². The van der Waals surface area contributed by atoms with E-state index < -0.39 is 0 Å². The first kappa shape index (κ1) is 14.1. The maximum absolute atomic E-state index is 12.3. The number of halogens is 1. The number of carbonyl (C=O) groups excluding carboxylic acids is 1. The third-order valence-corrected chi connectivity index (χ3v) is 4.61. The van der Waals surface area contributed by atoms with E-state index in [2.05, 4.69) is 20.8 Å². The van der Waals surface area contributed by atoms with E-state index in [1.165, 1.54) is 0 Å². The fraction of sp³-hybridized carbons (Fsp3) is 0.176. The van der Waals surface area contributed by atoms with E-state index in [0.717, 1.165) is 45.6 Å². The van der Waals surface area contributed by atoms with Crippen molar-refractivity contribution in [2.75, 3.05) is 5.32 Å². The maximum Gasteiger partial charge on any atom is 0.319 e. The lowest BCUT2D eigenvalue weighted by atomic mass is 10.1. The molecule has 5 nitrogen and oxygen atoms in total. The van der Waals surface area contributed by atoms with Crippen LogP contribution >= 0.6 is 11.6 Å². The monoisotopic (exact) mass is 326 g/mol. The van der Waals surface area contributed by atoms with Gasteiger partial charge < -0.3 is 10.6 Å². The number of nitrogens with one attached hydrogen (secondary N) is 3. The summed E-state index contributed by atoms with van der Waals surface area (Å²) in [5, 5.41) is 14.5. The molecule has 2 amide bonds. The predicted molar refractivity (Wildman–Crippen MR) is 90.8 cm³/mol. The van der Waals surface area contributed by atoms with Gasteiger partial charge in [-0.15, -0.1) is 0 Å². The van der Waals surface area contributed by atoms with Crippen molar-refractivity contribution in [3.63, 3.8) is 0 Å². The molecule has 23 heavy (non-hydrogen) atoms. The second kappa shape index (κ2) is 5.59. The Labute approximate surface area is 138 Å². The number of benzene rings is 2. The van der Waals surface area contributed by atoms with Crippen molar-refractivity contribution in [2.24, 2.45) is 0 Å². The van der Waals surface area contributed by atoms with Crippen LogP contribution in [0.2, 0.25) is 5.02 Å². The quantitative estimate of drug-likeness (QED) is 0.665. The molecule has 116 valence electrons. The lowest BCUT2D eigenvalue weighted by Gasteiger charge is -2.15. The number of amides is 2. The molecule has 3 aromatic rings. The molecular formula is C17H15ClN4O. The fourth-order valence-corrected chi connectivity index (χ4v) is 3.43. The number of urea groups is 1. The van der Waals surface area contributed by atoms with Crippen molar-refractivity contribution in [3.8, 4) is 0 Å². The Hall–Kier alpha value is -2.53. The molecule has 1 atom stereocenters. The molecule has 0 radical (unpaired) electrons.